The first kappa shape index (κ1) is 7.32. The zero-order valence-electron chi connectivity index (χ0n) is 6.48. The lowest BCUT2D eigenvalue weighted by molar-refractivity contribution is -0.119. The maximum absolute atomic E-state index is 10.7. The van der Waals surface area contributed by atoms with Gasteiger partial charge >= 0.3 is 0 Å². The van der Waals surface area contributed by atoms with Crippen molar-refractivity contribution in [2.75, 3.05) is 6.54 Å². The number of carbonyl (C=O) groups is 1. The second-order valence-electron chi connectivity index (χ2n) is 2.74. The first-order valence-electron chi connectivity index (χ1n) is 3.63. The third kappa shape index (κ3) is 1.38. The summed E-state index contributed by atoms with van der Waals surface area (Å²) >= 11 is 0. The molecule has 1 aliphatic rings. The van der Waals surface area contributed by atoms with E-state index < -0.39 is 0 Å². The molecule has 1 heterocycles. The molecule has 0 radical (unpaired) electrons. The Morgan fingerprint density at radius 2 is 2.50 bits per heavy atom. The van der Waals surface area contributed by atoms with Crippen LogP contribution >= 0.6 is 0 Å². The van der Waals surface area contributed by atoms with Crippen molar-refractivity contribution < 1.29 is 4.79 Å². The first-order chi connectivity index (χ1) is 4.74. The molecule has 1 atom stereocenters. The zero-order valence-corrected chi connectivity index (χ0v) is 6.48. The predicted octanol–water partition coefficient (Wildman–Crippen LogP) is 1.09. The van der Waals surface area contributed by atoms with Crippen LogP contribution in [0, 0.1) is 5.92 Å². The fourth-order valence-corrected chi connectivity index (χ4v) is 1.16. The number of amides is 1. The van der Waals surface area contributed by atoms with Crippen LogP contribution < -0.4 is 5.32 Å². The molecule has 2 nitrogen and oxygen atoms in total. The average Bonchev–Trinajstić information content (AvgIpc) is 2.34. The first-order valence-corrected chi connectivity index (χ1v) is 3.63. The fourth-order valence-electron chi connectivity index (χ4n) is 1.16. The van der Waals surface area contributed by atoms with Crippen LogP contribution in [0.1, 0.15) is 20.3 Å². The van der Waals surface area contributed by atoms with Gasteiger partial charge in [-0.2, -0.15) is 0 Å². The molecule has 0 bridgehead atoms. The van der Waals surface area contributed by atoms with E-state index in [9.17, 15) is 4.79 Å². The van der Waals surface area contributed by atoms with E-state index in [-0.39, 0.29) is 5.91 Å². The highest BCUT2D eigenvalue weighted by Gasteiger charge is 2.21. The Balaban J connectivity index is 2.52. The number of hydrogen-bond acceptors (Lipinski definition) is 1. The monoisotopic (exact) mass is 139 g/mol. The summed E-state index contributed by atoms with van der Waals surface area (Å²) in [5.41, 5.74) is 1.32. The summed E-state index contributed by atoms with van der Waals surface area (Å²) in [6, 6.07) is 0. The van der Waals surface area contributed by atoms with E-state index in [2.05, 4.69) is 18.3 Å². The van der Waals surface area contributed by atoms with E-state index in [0.29, 0.717) is 12.3 Å². The van der Waals surface area contributed by atoms with Crippen LogP contribution in [-0.4, -0.2) is 12.5 Å². The Bertz CT molecular complexity index is 172. The van der Waals surface area contributed by atoms with Gasteiger partial charge in [0.05, 0.1) is 0 Å². The second kappa shape index (κ2) is 2.86. The minimum Gasteiger partial charge on any atom is -0.355 e. The molecule has 0 aromatic heterocycles. The highest BCUT2D eigenvalue weighted by atomic mass is 16.1. The molecule has 1 rings (SSSR count). The molecule has 1 fully saturated rings. The Morgan fingerprint density at radius 3 is 2.90 bits per heavy atom. The molecule has 1 amide bonds. The van der Waals surface area contributed by atoms with E-state index in [4.69, 9.17) is 0 Å². The van der Waals surface area contributed by atoms with Crippen molar-refractivity contribution in [3.63, 3.8) is 0 Å². The molecule has 0 aliphatic carbocycles. The summed E-state index contributed by atoms with van der Waals surface area (Å²) in [6.45, 7) is 4.91. The van der Waals surface area contributed by atoms with E-state index in [1.807, 2.05) is 6.92 Å². The van der Waals surface area contributed by atoms with Gasteiger partial charge in [0.25, 0.3) is 0 Å². The van der Waals surface area contributed by atoms with Gasteiger partial charge in [-0.3, -0.25) is 4.79 Å². The Hall–Kier alpha value is -0.790. The summed E-state index contributed by atoms with van der Waals surface area (Å²) < 4.78 is 0. The maximum atomic E-state index is 10.7. The molecule has 2 heteroatoms. The summed E-state index contributed by atoms with van der Waals surface area (Å²) in [7, 11) is 0. The van der Waals surface area contributed by atoms with Gasteiger partial charge in [-0.15, -0.1) is 0 Å². The quantitative estimate of drug-likeness (QED) is 0.541. The molecule has 1 aliphatic heterocycles. The molecule has 1 saturated heterocycles. The predicted molar refractivity (Wildman–Crippen MR) is 40.5 cm³/mol. The van der Waals surface area contributed by atoms with E-state index >= 15 is 0 Å². The molecule has 0 aromatic carbocycles. The normalized spacial score (nSPS) is 26.8. The van der Waals surface area contributed by atoms with Gasteiger partial charge in [0.1, 0.15) is 0 Å². The summed E-state index contributed by atoms with van der Waals surface area (Å²) in [4.78, 5) is 10.7. The second-order valence-corrected chi connectivity index (χ2v) is 2.74. The number of allylic oxidation sites excluding steroid dienone is 1. The number of rotatable bonds is 1. The van der Waals surface area contributed by atoms with Gasteiger partial charge in [0.2, 0.25) is 5.91 Å². The topological polar surface area (TPSA) is 29.1 Å². The summed E-state index contributed by atoms with van der Waals surface area (Å²) in [5.74, 6) is 0.642. The Morgan fingerprint density at radius 1 is 1.80 bits per heavy atom. The van der Waals surface area contributed by atoms with Gasteiger partial charge in [0, 0.05) is 18.9 Å². The van der Waals surface area contributed by atoms with Gasteiger partial charge in [0.15, 0.2) is 0 Å². The highest BCUT2D eigenvalue weighted by molar-refractivity contribution is 5.78. The lowest BCUT2D eigenvalue weighted by atomic mass is 10.00. The van der Waals surface area contributed by atoms with Gasteiger partial charge in [-0.05, 0) is 13.8 Å². The average molecular weight is 139 g/mol. The Kier molecular flexibility index (Phi) is 2.10. The summed E-state index contributed by atoms with van der Waals surface area (Å²) in [5, 5.41) is 2.81. The molecular formula is C8H13NO. The number of hydrogen-bond donors (Lipinski definition) is 1. The van der Waals surface area contributed by atoms with Crippen molar-refractivity contribution in [3.05, 3.63) is 11.6 Å². The molecule has 1 unspecified atom stereocenters. The van der Waals surface area contributed by atoms with Crippen LogP contribution in [-0.2, 0) is 4.79 Å². The molecule has 0 aromatic rings. The maximum Gasteiger partial charge on any atom is 0.220 e. The zero-order chi connectivity index (χ0) is 7.56. The Labute approximate surface area is 61.3 Å². The van der Waals surface area contributed by atoms with Crippen LogP contribution in [0.3, 0.4) is 0 Å². The van der Waals surface area contributed by atoms with Crippen molar-refractivity contribution in [1.82, 2.24) is 5.32 Å². The van der Waals surface area contributed by atoms with E-state index in [0.717, 1.165) is 6.54 Å². The van der Waals surface area contributed by atoms with Gasteiger partial charge in [-0.1, -0.05) is 11.6 Å². The minimum atomic E-state index is 0.186. The van der Waals surface area contributed by atoms with Crippen molar-refractivity contribution in [1.29, 1.82) is 0 Å². The number of nitrogens with one attached hydrogen (secondary N) is 1. The lowest BCUT2D eigenvalue weighted by Crippen LogP contribution is -2.14. The van der Waals surface area contributed by atoms with Crippen molar-refractivity contribution in [3.8, 4) is 0 Å². The lowest BCUT2D eigenvalue weighted by Gasteiger charge is -2.04. The van der Waals surface area contributed by atoms with Gasteiger partial charge < -0.3 is 5.32 Å². The van der Waals surface area contributed by atoms with Crippen LogP contribution in [0.5, 0.6) is 0 Å². The van der Waals surface area contributed by atoms with Crippen LogP contribution in [0.15, 0.2) is 11.6 Å². The van der Waals surface area contributed by atoms with Crippen LogP contribution in [0.2, 0.25) is 0 Å². The molecular weight excluding hydrogens is 126 g/mol. The van der Waals surface area contributed by atoms with E-state index in [1.165, 1.54) is 5.57 Å². The molecule has 10 heavy (non-hydrogen) atoms. The SMILES string of the molecule is C/C=C(\C)C1CNC(=O)C1. The van der Waals surface area contributed by atoms with Crippen LogP contribution in [0.4, 0.5) is 0 Å². The third-order valence-electron chi connectivity index (χ3n) is 2.08. The van der Waals surface area contributed by atoms with Crippen molar-refractivity contribution in [2.45, 2.75) is 20.3 Å². The van der Waals surface area contributed by atoms with Crippen molar-refractivity contribution in [2.24, 2.45) is 5.92 Å². The fraction of sp³-hybridized carbons (Fsp3) is 0.625. The molecule has 1 N–H and O–H groups in total. The molecule has 56 valence electrons. The number of carbonyl (C=O) groups excluding carboxylic acids is 1. The van der Waals surface area contributed by atoms with Crippen molar-refractivity contribution >= 4 is 5.91 Å². The minimum absolute atomic E-state index is 0.186. The van der Waals surface area contributed by atoms with E-state index in [1.54, 1.807) is 0 Å². The smallest absolute Gasteiger partial charge is 0.220 e. The molecule has 0 saturated carbocycles. The standard InChI is InChI=1S/C8H13NO/c1-3-6(2)7-4-8(10)9-5-7/h3,7H,4-5H2,1-2H3,(H,9,10)/b6-3+. The largest absolute Gasteiger partial charge is 0.355 e. The third-order valence-corrected chi connectivity index (χ3v) is 2.08. The van der Waals surface area contributed by atoms with Gasteiger partial charge in [-0.25, -0.2) is 0 Å². The summed E-state index contributed by atoms with van der Waals surface area (Å²) in [6.07, 6.45) is 2.75. The van der Waals surface area contributed by atoms with Crippen LogP contribution in [0.25, 0.3) is 0 Å². The highest BCUT2D eigenvalue weighted by Crippen LogP contribution is 2.17. The molecule has 0 spiro atoms.